The molecule has 0 saturated carbocycles. The lowest BCUT2D eigenvalue weighted by molar-refractivity contribution is -0.117. The van der Waals surface area contributed by atoms with Gasteiger partial charge in [0, 0.05) is 10.9 Å². The van der Waals surface area contributed by atoms with Crippen LogP contribution in [0.25, 0.3) is 11.3 Å². The van der Waals surface area contributed by atoms with Gasteiger partial charge >= 0.3 is 0 Å². The van der Waals surface area contributed by atoms with Crippen molar-refractivity contribution in [2.75, 3.05) is 17.3 Å². The van der Waals surface area contributed by atoms with Crippen LogP contribution in [-0.2, 0) is 17.6 Å². The number of fused-ring (bicyclic) bond motifs is 1. The van der Waals surface area contributed by atoms with Crippen molar-refractivity contribution in [1.82, 2.24) is 4.98 Å². The molecule has 4 nitrogen and oxygen atoms in total. The largest absolute Gasteiger partial charge is 0.320 e. The van der Waals surface area contributed by atoms with Gasteiger partial charge < -0.3 is 11.1 Å². The first-order chi connectivity index (χ1) is 11.2. The normalized spacial score (nSPS) is 14.5. The number of amides is 1. The molecular formula is C17H21N3OS2. The van der Waals surface area contributed by atoms with E-state index in [4.69, 9.17) is 5.73 Å². The molecule has 1 amide bonds. The van der Waals surface area contributed by atoms with Crippen LogP contribution in [0.3, 0.4) is 0 Å². The first-order valence-electron chi connectivity index (χ1n) is 7.80. The number of anilines is 1. The quantitative estimate of drug-likeness (QED) is 0.841. The molecule has 23 heavy (non-hydrogen) atoms. The van der Waals surface area contributed by atoms with Crippen molar-refractivity contribution in [3.05, 3.63) is 34.7 Å². The zero-order chi connectivity index (χ0) is 16.2. The Balaban J connectivity index is 1.67. The van der Waals surface area contributed by atoms with Crippen molar-refractivity contribution < 1.29 is 4.79 Å². The van der Waals surface area contributed by atoms with E-state index in [1.54, 1.807) is 11.8 Å². The van der Waals surface area contributed by atoms with Gasteiger partial charge in [-0.2, -0.15) is 11.8 Å². The van der Waals surface area contributed by atoms with Crippen molar-refractivity contribution in [1.29, 1.82) is 0 Å². The summed E-state index contributed by atoms with van der Waals surface area (Å²) in [5.41, 5.74) is 10.8. The van der Waals surface area contributed by atoms with E-state index in [1.807, 2.05) is 11.6 Å². The Labute approximate surface area is 144 Å². The topological polar surface area (TPSA) is 68.0 Å². The molecule has 6 heteroatoms. The second-order valence-corrected chi connectivity index (χ2v) is 7.60. The van der Waals surface area contributed by atoms with Gasteiger partial charge in [0.15, 0.2) is 5.13 Å². The fourth-order valence-corrected chi connectivity index (χ4v) is 3.98. The van der Waals surface area contributed by atoms with Crippen LogP contribution in [0.2, 0.25) is 0 Å². The predicted octanol–water partition coefficient (Wildman–Crippen LogP) is 3.32. The Morgan fingerprint density at radius 1 is 1.43 bits per heavy atom. The molecule has 0 aliphatic heterocycles. The number of carbonyl (C=O) groups excluding carboxylic acids is 1. The van der Waals surface area contributed by atoms with Gasteiger partial charge in [-0.15, -0.1) is 11.3 Å². The SMILES string of the molecule is CSCCC(N)C(=O)Nc1nc(-c2ccc3c(c2)CCC3)cs1. The predicted molar refractivity (Wildman–Crippen MR) is 99.2 cm³/mol. The standard InChI is InChI=1S/C17H21N3OS2/c1-22-8-7-14(18)16(21)20-17-19-15(10-23-17)13-6-5-11-3-2-4-12(11)9-13/h5-6,9-10,14H,2-4,7-8,18H2,1H3,(H,19,20,21). The summed E-state index contributed by atoms with van der Waals surface area (Å²) in [5.74, 6) is 0.723. The maximum atomic E-state index is 12.0. The van der Waals surface area contributed by atoms with Crippen LogP contribution in [0.5, 0.6) is 0 Å². The van der Waals surface area contributed by atoms with Crippen LogP contribution in [0.1, 0.15) is 24.0 Å². The number of aromatic nitrogens is 1. The summed E-state index contributed by atoms with van der Waals surface area (Å²) in [4.78, 5) is 16.6. The first-order valence-corrected chi connectivity index (χ1v) is 10.1. The molecule has 1 aromatic heterocycles. The highest BCUT2D eigenvalue weighted by molar-refractivity contribution is 7.98. The van der Waals surface area contributed by atoms with Gasteiger partial charge in [-0.1, -0.05) is 12.1 Å². The minimum absolute atomic E-state index is 0.158. The lowest BCUT2D eigenvalue weighted by Gasteiger charge is -2.09. The Morgan fingerprint density at radius 3 is 3.09 bits per heavy atom. The average molecular weight is 348 g/mol. The highest BCUT2D eigenvalue weighted by Gasteiger charge is 2.16. The third-order valence-electron chi connectivity index (χ3n) is 4.10. The number of carbonyl (C=O) groups is 1. The number of nitrogens with one attached hydrogen (secondary N) is 1. The summed E-state index contributed by atoms with van der Waals surface area (Å²) in [5, 5.41) is 5.43. The van der Waals surface area contributed by atoms with Crippen molar-refractivity contribution >= 4 is 34.1 Å². The van der Waals surface area contributed by atoms with Crippen LogP contribution in [0.15, 0.2) is 23.6 Å². The average Bonchev–Trinajstić information content (AvgIpc) is 3.20. The smallest absolute Gasteiger partial charge is 0.243 e. The minimum atomic E-state index is -0.477. The summed E-state index contributed by atoms with van der Waals surface area (Å²) in [6.07, 6.45) is 6.26. The number of nitrogens with zero attached hydrogens (tertiary/aromatic N) is 1. The highest BCUT2D eigenvalue weighted by Crippen LogP contribution is 2.30. The lowest BCUT2D eigenvalue weighted by atomic mass is 10.1. The molecule has 1 aliphatic rings. The molecule has 1 unspecified atom stereocenters. The van der Waals surface area contributed by atoms with Crippen LogP contribution >= 0.6 is 23.1 Å². The maximum Gasteiger partial charge on any atom is 0.243 e. The van der Waals surface area contributed by atoms with Gasteiger partial charge in [0.25, 0.3) is 0 Å². The third-order valence-corrected chi connectivity index (χ3v) is 5.50. The molecule has 0 fully saturated rings. The Hall–Kier alpha value is -1.37. The van der Waals surface area contributed by atoms with E-state index in [9.17, 15) is 4.79 Å². The zero-order valence-electron chi connectivity index (χ0n) is 13.2. The molecule has 1 atom stereocenters. The van der Waals surface area contributed by atoms with Gasteiger partial charge in [-0.25, -0.2) is 4.98 Å². The third kappa shape index (κ3) is 3.94. The van der Waals surface area contributed by atoms with E-state index in [2.05, 4.69) is 28.5 Å². The number of rotatable bonds is 6. The zero-order valence-corrected chi connectivity index (χ0v) is 14.8. The molecule has 122 valence electrons. The van der Waals surface area contributed by atoms with E-state index in [-0.39, 0.29) is 5.91 Å². The van der Waals surface area contributed by atoms with E-state index in [1.165, 1.54) is 35.3 Å². The second kappa shape index (κ2) is 7.47. The van der Waals surface area contributed by atoms with E-state index in [0.717, 1.165) is 23.4 Å². The van der Waals surface area contributed by atoms with Gasteiger partial charge in [0.1, 0.15) is 0 Å². The number of nitrogens with two attached hydrogens (primary N) is 1. The maximum absolute atomic E-state index is 12.0. The molecule has 3 rings (SSSR count). The number of hydrogen-bond acceptors (Lipinski definition) is 5. The number of thiazole rings is 1. The van der Waals surface area contributed by atoms with Crippen molar-refractivity contribution in [3.63, 3.8) is 0 Å². The van der Waals surface area contributed by atoms with E-state index >= 15 is 0 Å². The van der Waals surface area contributed by atoms with Crippen molar-refractivity contribution in [2.45, 2.75) is 31.7 Å². The van der Waals surface area contributed by atoms with Gasteiger partial charge in [-0.05, 0) is 54.9 Å². The highest BCUT2D eigenvalue weighted by atomic mass is 32.2. The molecule has 2 aromatic rings. The first kappa shape index (κ1) is 16.5. The van der Waals surface area contributed by atoms with E-state index in [0.29, 0.717) is 11.6 Å². The lowest BCUT2D eigenvalue weighted by Crippen LogP contribution is -2.36. The van der Waals surface area contributed by atoms with Crippen LogP contribution in [-0.4, -0.2) is 28.9 Å². The monoisotopic (exact) mass is 347 g/mol. The Bertz CT molecular complexity index is 699. The molecule has 1 heterocycles. The fourth-order valence-electron chi connectivity index (χ4n) is 2.77. The Kier molecular flexibility index (Phi) is 5.35. The molecule has 1 aliphatic carbocycles. The van der Waals surface area contributed by atoms with Gasteiger partial charge in [0.05, 0.1) is 11.7 Å². The fraction of sp³-hybridized carbons (Fsp3) is 0.412. The number of benzene rings is 1. The van der Waals surface area contributed by atoms with Crippen LogP contribution in [0, 0.1) is 0 Å². The summed E-state index contributed by atoms with van der Waals surface area (Å²) in [6.45, 7) is 0. The second-order valence-electron chi connectivity index (χ2n) is 5.75. The summed E-state index contributed by atoms with van der Waals surface area (Å²) < 4.78 is 0. The van der Waals surface area contributed by atoms with Crippen LogP contribution in [0.4, 0.5) is 5.13 Å². The molecular weight excluding hydrogens is 326 g/mol. The van der Waals surface area contributed by atoms with E-state index < -0.39 is 6.04 Å². The summed E-state index contributed by atoms with van der Waals surface area (Å²) in [7, 11) is 0. The Morgan fingerprint density at radius 2 is 2.26 bits per heavy atom. The summed E-state index contributed by atoms with van der Waals surface area (Å²) in [6, 6.07) is 6.07. The summed E-state index contributed by atoms with van der Waals surface area (Å²) >= 11 is 3.14. The van der Waals surface area contributed by atoms with Crippen molar-refractivity contribution in [3.8, 4) is 11.3 Å². The molecule has 0 bridgehead atoms. The molecule has 0 saturated heterocycles. The van der Waals surface area contributed by atoms with Gasteiger partial charge in [-0.3, -0.25) is 4.79 Å². The van der Waals surface area contributed by atoms with Crippen LogP contribution < -0.4 is 11.1 Å². The minimum Gasteiger partial charge on any atom is -0.320 e. The number of thioether (sulfide) groups is 1. The molecule has 1 aromatic carbocycles. The van der Waals surface area contributed by atoms with Gasteiger partial charge in [0.2, 0.25) is 5.91 Å². The molecule has 3 N–H and O–H groups in total. The molecule has 0 spiro atoms. The molecule has 0 radical (unpaired) electrons. The van der Waals surface area contributed by atoms with Crippen molar-refractivity contribution in [2.24, 2.45) is 5.73 Å². The number of aryl methyl sites for hydroxylation is 2. The number of hydrogen-bond donors (Lipinski definition) is 2.